The number of carbonyl (C=O) groups excluding carboxylic acids is 1. The number of aromatic carboxylic acids is 1. The molecule has 0 aliphatic heterocycles. The van der Waals surface area contributed by atoms with E-state index in [9.17, 15) is 9.59 Å². The molecule has 5 heteroatoms. The molecule has 0 aliphatic rings. The highest BCUT2D eigenvalue weighted by Gasteiger charge is 2.11. The van der Waals surface area contributed by atoms with Gasteiger partial charge in [-0.2, -0.15) is 0 Å². The van der Waals surface area contributed by atoms with Crippen LogP contribution in [0.5, 0.6) is 0 Å². The van der Waals surface area contributed by atoms with Crippen LogP contribution in [-0.4, -0.2) is 36.1 Å². The van der Waals surface area contributed by atoms with Crippen molar-refractivity contribution in [2.45, 2.75) is 6.92 Å². The van der Waals surface area contributed by atoms with Gasteiger partial charge in [0.15, 0.2) is 0 Å². The normalized spacial score (nSPS) is 10.1. The summed E-state index contributed by atoms with van der Waals surface area (Å²) in [4.78, 5) is 24.3. The Morgan fingerprint density at radius 3 is 2.23 bits per heavy atom. The van der Waals surface area contributed by atoms with E-state index in [2.05, 4.69) is 5.32 Å². The number of benzene rings is 2. The lowest BCUT2D eigenvalue weighted by Crippen LogP contribution is -2.27. The zero-order valence-corrected chi connectivity index (χ0v) is 12.8. The van der Waals surface area contributed by atoms with Gasteiger partial charge in [-0.3, -0.25) is 0 Å². The second kappa shape index (κ2) is 6.30. The maximum Gasteiger partial charge on any atom is 0.335 e. The fraction of sp³-hybridized carbons (Fsp3) is 0.176. The molecule has 2 aromatic carbocycles. The minimum absolute atomic E-state index is 0.214. The van der Waals surface area contributed by atoms with Gasteiger partial charge in [0.05, 0.1) is 11.3 Å². The Bertz CT molecular complexity index is 706. The Balaban J connectivity index is 2.41. The summed E-state index contributed by atoms with van der Waals surface area (Å²) in [6, 6.07) is 12.1. The largest absolute Gasteiger partial charge is 0.478 e. The number of nitrogens with zero attached hydrogens (tertiary/aromatic N) is 1. The predicted octanol–water partition coefficient (Wildman–Crippen LogP) is 3.45. The topological polar surface area (TPSA) is 69.6 Å². The molecule has 0 aromatic heterocycles. The van der Waals surface area contributed by atoms with Gasteiger partial charge in [-0.25, -0.2) is 9.59 Å². The third-order valence-electron chi connectivity index (χ3n) is 3.27. The summed E-state index contributed by atoms with van der Waals surface area (Å²) in [5, 5.41) is 11.8. The van der Waals surface area contributed by atoms with Crippen LogP contribution in [-0.2, 0) is 0 Å². The van der Waals surface area contributed by atoms with Crippen molar-refractivity contribution < 1.29 is 14.7 Å². The van der Waals surface area contributed by atoms with Crippen LogP contribution in [0.25, 0.3) is 11.1 Å². The lowest BCUT2D eigenvalue weighted by molar-refractivity contribution is 0.0697. The molecule has 0 heterocycles. The summed E-state index contributed by atoms with van der Waals surface area (Å²) in [6.45, 7) is 1.95. The molecule has 2 amide bonds. The molecule has 5 nitrogen and oxygen atoms in total. The quantitative estimate of drug-likeness (QED) is 0.911. The maximum absolute atomic E-state index is 11.9. The molecule has 0 radical (unpaired) electrons. The first kappa shape index (κ1) is 15.6. The van der Waals surface area contributed by atoms with Crippen LogP contribution in [0.4, 0.5) is 10.5 Å². The first-order valence-electron chi connectivity index (χ1n) is 6.81. The zero-order valence-electron chi connectivity index (χ0n) is 12.8. The van der Waals surface area contributed by atoms with Gasteiger partial charge in [0.1, 0.15) is 0 Å². The molecule has 22 heavy (non-hydrogen) atoms. The maximum atomic E-state index is 11.9. The summed E-state index contributed by atoms with van der Waals surface area (Å²) in [5.41, 5.74) is 3.65. The predicted molar refractivity (Wildman–Crippen MR) is 86.3 cm³/mol. The number of urea groups is 1. The van der Waals surface area contributed by atoms with E-state index in [1.54, 1.807) is 38.4 Å². The minimum Gasteiger partial charge on any atom is -0.478 e. The van der Waals surface area contributed by atoms with Crippen molar-refractivity contribution in [2.75, 3.05) is 19.4 Å². The third kappa shape index (κ3) is 3.44. The molecule has 0 aliphatic carbocycles. The number of carboxylic acid groups (broad SMARTS) is 1. The summed E-state index contributed by atoms with van der Waals surface area (Å²) in [7, 11) is 3.35. The van der Waals surface area contributed by atoms with Gasteiger partial charge in [0.25, 0.3) is 0 Å². The van der Waals surface area contributed by atoms with E-state index in [1.807, 2.05) is 25.1 Å². The van der Waals surface area contributed by atoms with Crippen molar-refractivity contribution >= 4 is 17.7 Å². The molecule has 0 spiro atoms. The zero-order chi connectivity index (χ0) is 16.3. The standard InChI is InChI=1S/C17H18N2O3/c1-11-4-9-14(15(10-11)18-17(22)19(2)3)12-5-7-13(8-6-12)16(20)21/h4-10H,1-3H3,(H,18,22)(H,20,21). The molecular weight excluding hydrogens is 280 g/mol. The number of anilines is 1. The number of hydrogen-bond acceptors (Lipinski definition) is 2. The van der Waals surface area contributed by atoms with Crippen molar-refractivity contribution in [1.29, 1.82) is 0 Å². The van der Waals surface area contributed by atoms with E-state index >= 15 is 0 Å². The fourth-order valence-electron chi connectivity index (χ4n) is 2.03. The Morgan fingerprint density at radius 2 is 1.68 bits per heavy atom. The molecular formula is C17H18N2O3. The van der Waals surface area contributed by atoms with Gasteiger partial charge in [0.2, 0.25) is 0 Å². The van der Waals surface area contributed by atoms with Crippen molar-refractivity contribution in [1.82, 2.24) is 4.90 Å². The summed E-state index contributed by atoms with van der Waals surface area (Å²) in [5.74, 6) is -0.961. The summed E-state index contributed by atoms with van der Waals surface area (Å²) in [6.07, 6.45) is 0. The summed E-state index contributed by atoms with van der Waals surface area (Å²) < 4.78 is 0. The molecule has 0 saturated carbocycles. The first-order valence-corrected chi connectivity index (χ1v) is 6.81. The molecule has 2 aromatic rings. The Labute approximate surface area is 129 Å². The molecule has 0 atom stereocenters. The number of rotatable bonds is 3. The SMILES string of the molecule is Cc1ccc(-c2ccc(C(=O)O)cc2)c(NC(=O)N(C)C)c1. The van der Waals surface area contributed by atoms with Crippen molar-refractivity contribution in [2.24, 2.45) is 0 Å². The number of nitrogens with one attached hydrogen (secondary N) is 1. The van der Waals surface area contributed by atoms with Crippen LogP contribution in [0.15, 0.2) is 42.5 Å². The van der Waals surface area contributed by atoms with Gasteiger partial charge in [-0.05, 0) is 36.2 Å². The van der Waals surface area contributed by atoms with Crippen LogP contribution in [0.1, 0.15) is 15.9 Å². The van der Waals surface area contributed by atoms with E-state index in [1.165, 1.54) is 4.90 Å². The molecule has 114 valence electrons. The summed E-state index contributed by atoms with van der Waals surface area (Å²) >= 11 is 0. The second-order valence-corrected chi connectivity index (χ2v) is 5.26. The number of carbonyl (C=O) groups is 2. The average Bonchev–Trinajstić information content (AvgIpc) is 2.47. The van der Waals surface area contributed by atoms with E-state index in [4.69, 9.17) is 5.11 Å². The minimum atomic E-state index is -0.961. The number of aryl methyl sites for hydroxylation is 1. The number of amides is 2. The highest BCUT2D eigenvalue weighted by molar-refractivity contribution is 5.95. The van der Waals surface area contributed by atoms with Crippen LogP contribution in [0.3, 0.4) is 0 Å². The van der Waals surface area contributed by atoms with Crippen LogP contribution in [0, 0.1) is 6.92 Å². The second-order valence-electron chi connectivity index (χ2n) is 5.26. The molecule has 0 saturated heterocycles. The number of carboxylic acids is 1. The van der Waals surface area contributed by atoms with E-state index < -0.39 is 5.97 Å². The van der Waals surface area contributed by atoms with Gasteiger partial charge in [-0.1, -0.05) is 24.3 Å². The van der Waals surface area contributed by atoms with Gasteiger partial charge in [0, 0.05) is 19.7 Å². The highest BCUT2D eigenvalue weighted by Crippen LogP contribution is 2.29. The van der Waals surface area contributed by atoms with Gasteiger partial charge >= 0.3 is 12.0 Å². The Morgan fingerprint density at radius 1 is 1.05 bits per heavy atom. The molecule has 2 N–H and O–H groups in total. The fourth-order valence-corrected chi connectivity index (χ4v) is 2.03. The molecule has 0 bridgehead atoms. The van der Waals surface area contributed by atoms with Crippen molar-refractivity contribution in [3.63, 3.8) is 0 Å². The van der Waals surface area contributed by atoms with Gasteiger partial charge < -0.3 is 15.3 Å². The van der Waals surface area contributed by atoms with Crippen LogP contribution < -0.4 is 5.32 Å². The monoisotopic (exact) mass is 298 g/mol. The first-order chi connectivity index (χ1) is 10.4. The average molecular weight is 298 g/mol. The molecule has 2 rings (SSSR count). The number of hydrogen-bond donors (Lipinski definition) is 2. The van der Waals surface area contributed by atoms with E-state index in [0.29, 0.717) is 5.69 Å². The van der Waals surface area contributed by atoms with Crippen LogP contribution >= 0.6 is 0 Å². The van der Waals surface area contributed by atoms with E-state index in [-0.39, 0.29) is 11.6 Å². The van der Waals surface area contributed by atoms with Crippen LogP contribution in [0.2, 0.25) is 0 Å². The highest BCUT2D eigenvalue weighted by atomic mass is 16.4. The lowest BCUT2D eigenvalue weighted by Gasteiger charge is -2.16. The van der Waals surface area contributed by atoms with E-state index in [0.717, 1.165) is 16.7 Å². The van der Waals surface area contributed by atoms with Gasteiger partial charge in [-0.15, -0.1) is 0 Å². The Hall–Kier alpha value is -2.82. The van der Waals surface area contributed by atoms with Crippen molar-refractivity contribution in [3.05, 3.63) is 53.6 Å². The van der Waals surface area contributed by atoms with Crippen molar-refractivity contribution in [3.8, 4) is 11.1 Å². The Kier molecular flexibility index (Phi) is 4.46. The smallest absolute Gasteiger partial charge is 0.335 e. The molecule has 0 unspecified atom stereocenters. The molecule has 0 fully saturated rings. The third-order valence-corrected chi connectivity index (χ3v) is 3.27. The lowest BCUT2D eigenvalue weighted by atomic mass is 10.0.